The molecule has 5 aromatic rings. The zero-order valence-electron chi connectivity index (χ0n) is 16.2. The maximum absolute atomic E-state index is 12.7. The van der Waals surface area contributed by atoms with E-state index in [1.54, 1.807) is 30.1 Å². The van der Waals surface area contributed by atoms with Crippen LogP contribution in [0.2, 0.25) is 0 Å². The van der Waals surface area contributed by atoms with Crippen LogP contribution >= 0.6 is 0 Å². The van der Waals surface area contributed by atoms with Crippen LogP contribution in [0, 0.1) is 0 Å². The summed E-state index contributed by atoms with van der Waals surface area (Å²) in [7, 11) is 1.55. The minimum Gasteiger partial charge on any atom is -0.496 e. The lowest BCUT2D eigenvalue weighted by Gasteiger charge is -2.08. The van der Waals surface area contributed by atoms with Crippen LogP contribution in [0.1, 0.15) is 10.4 Å². The first kappa shape index (κ1) is 17.9. The van der Waals surface area contributed by atoms with Gasteiger partial charge in [0.15, 0.2) is 0 Å². The van der Waals surface area contributed by atoms with Crippen molar-refractivity contribution in [3.05, 3.63) is 90.5 Å². The Morgan fingerprint density at radius 3 is 2.53 bits per heavy atom. The third kappa shape index (κ3) is 3.14. The molecule has 0 aliphatic carbocycles. The average Bonchev–Trinajstić information content (AvgIpc) is 3.22. The lowest BCUT2D eigenvalue weighted by molar-refractivity contribution is 0.102. The second-order valence-corrected chi connectivity index (χ2v) is 6.85. The number of nitrogens with one attached hydrogen (secondary N) is 1. The van der Waals surface area contributed by atoms with Gasteiger partial charge in [0.05, 0.1) is 18.4 Å². The van der Waals surface area contributed by atoms with Crippen molar-refractivity contribution in [1.82, 2.24) is 15.0 Å². The number of anilines is 1. The highest BCUT2D eigenvalue weighted by Gasteiger charge is 2.13. The van der Waals surface area contributed by atoms with Crippen molar-refractivity contribution in [2.75, 3.05) is 12.4 Å². The number of hydrogen-bond donors (Lipinski definition) is 1. The summed E-state index contributed by atoms with van der Waals surface area (Å²) in [5.41, 5.74) is 3.46. The Hall–Kier alpha value is -4.19. The number of carbonyl (C=O) groups excluding carboxylic acids is 1. The topological polar surface area (TPSA) is 69.0 Å². The summed E-state index contributed by atoms with van der Waals surface area (Å²) >= 11 is 0. The van der Waals surface area contributed by atoms with E-state index in [1.807, 2.05) is 48.5 Å². The van der Waals surface area contributed by atoms with Crippen LogP contribution in [0.3, 0.4) is 0 Å². The number of rotatable bonds is 4. The molecule has 0 spiro atoms. The number of amides is 1. The van der Waals surface area contributed by atoms with E-state index in [4.69, 9.17) is 4.74 Å². The van der Waals surface area contributed by atoms with E-state index < -0.39 is 0 Å². The van der Waals surface area contributed by atoms with Crippen molar-refractivity contribution >= 4 is 33.4 Å². The maximum atomic E-state index is 12.7. The number of aromatic nitrogens is 3. The minimum absolute atomic E-state index is 0.242. The van der Waals surface area contributed by atoms with Crippen LogP contribution in [0.4, 0.5) is 5.69 Å². The Morgan fingerprint density at radius 2 is 1.63 bits per heavy atom. The van der Waals surface area contributed by atoms with E-state index in [0.29, 0.717) is 22.5 Å². The van der Waals surface area contributed by atoms with Gasteiger partial charge in [0.1, 0.15) is 16.8 Å². The number of hydrogen-bond acceptors (Lipinski definition) is 4. The van der Waals surface area contributed by atoms with Gasteiger partial charge in [0, 0.05) is 11.1 Å². The van der Waals surface area contributed by atoms with E-state index in [9.17, 15) is 4.79 Å². The lowest BCUT2D eigenvalue weighted by atomic mass is 10.1. The van der Waals surface area contributed by atoms with E-state index in [-0.39, 0.29) is 5.91 Å². The summed E-state index contributed by atoms with van der Waals surface area (Å²) in [5.74, 6) is 0.284. The van der Waals surface area contributed by atoms with Crippen molar-refractivity contribution < 1.29 is 9.53 Å². The number of carbonyl (C=O) groups is 1. The van der Waals surface area contributed by atoms with E-state index in [2.05, 4.69) is 33.7 Å². The molecule has 1 amide bonds. The van der Waals surface area contributed by atoms with Gasteiger partial charge in [-0.2, -0.15) is 0 Å². The Bertz CT molecular complexity index is 1390. The standard InChI is InChI=1S/C24H18N4O2/c1-30-23-12-5-4-10-19(23)24(29)25-17-13-14-20-21(15-17)27-28(26-20)22-11-6-8-16-7-2-3-9-18(16)22/h2-15H,1H3,(H,25,29). The van der Waals surface area contributed by atoms with Gasteiger partial charge < -0.3 is 10.1 Å². The summed E-state index contributed by atoms with van der Waals surface area (Å²) in [6.45, 7) is 0. The molecule has 0 aliphatic rings. The first-order chi connectivity index (χ1) is 14.7. The molecule has 0 saturated heterocycles. The number of para-hydroxylation sites is 1. The number of nitrogens with zero attached hydrogens (tertiary/aromatic N) is 3. The number of ether oxygens (including phenoxy) is 1. The Kier molecular flexibility index (Phi) is 4.37. The Balaban J connectivity index is 1.49. The normalized spacial score (nSPS) is 11.0. The minimum atomic E-state index is -0.242. The molecule has 0 bridgehead atoms. The Morgan fingerprint density at radius 1 is 0.867 bits per heavy atom. The zero-order chi connectivity index (χ0) is 20.5. The summed E-state index contributed by atoms with van der Waals surface area (Å²) in [6, 6.07) is 26.8. The van der Waals surface area contributed by atoms with Crippen molar-refractivity contribution in [3.63, 3.8) is 0 Å². The fourth-order valence-corrected chi connectivity index (χ4v) is 3.51. The second kappa shape index (κ2) is 7.33. The molecule has 1 N–H and O–H groups in total. The molecule has 6 heteroatoms. The number of methoxy groups -OCH3 is 1. The van der Waals surface area contributed by atoms with Crippen molar-refractivity contribution in [2.45, 2.75) is 0 Å². The smallest absolute Gasteiger partial charge is 0.259 e. The molecule has 4 aromatic carbocycles. The molecule has 0 fully saturated rings. The summed E-state index contributed by atoms with van der Waals surface area (Å²) in [5, 5.41) is 14.4. The first-order valence-electron chi connectivity index (χ1n) is 9.52. The van der Waals surface area contributed by atoms with Crippen LogP contribution in [-0.4, -0.2) is 28.0 Å². The number of fused-ring (bicyclic) bond motifs is 2. The largest absolute Gasteiger partial charge is 0.496 e. The second-order valence-electron chi connectivity index (χ2n) is 6.85. The fraction of sp³-hybridized carbons (Fsp3) is 0.0417. The average molecular weight is 394 g/mol. The highest BCUT2D eigenvalue weighted by Crippen LogP contribution is 2.24. The van der Waals surface area contributed by atoms with Crippen LogP contribution in [0.5, 0.6) is 5.75 Å². The van der Waals surface area contributed by atoms with Crippen LogP contribution < -0.4 is 10.1 Å². The quantitative estimate of drug-likeness (QED) is 0.474. The highest BCUT2D eigenvalue weighted by atomic mass is 16.5. The Labute approximate surface area is 172 Å². The molecular formula is C24H18N4O2. The van der Waals surface area contributed by atoms with E-state index in [0.717, 1.165) is 22.0 Å². The first-order valence-corrected chi connectivity index (χ1v) is 9.52. The third-order valence-electron chi connectivity index (χ3n) is 4.97. The molecule has 6 nitrogen and oxygen atoms in total. The zero-order valence-corrected chi connectivity index (χ0v) is 16.2. The number of benzene rings is 4. The SMILES string of the molecule is COc1ccccc1C(=O)Nc1ccc2nn(-c3cccc4ccccc34)nc2c1. The van der Waals surface area contributed by atoms with E-state index >= 15 is 0 Å². The molecule has 0 radical (unpaired) electrons. The highest BCUT2D eigenvalue weighted by molar-refractivity contribution is 6.06. The fourth-order valence-electron chi connectivity index (χ4n) is 3.51. The molecule has 0 saturated carbocycles. The van der Waals surface area contributed by atoms with Gasteiger partial charge in [0.2, 0.25) is 0 Å². The molecule has 0 aliphatic heterocycles. The lowest BCUT2D eigenvalue weighted by Crippen LogP contribution is -2.13. The van der Waals surface area contributed by atoms with Crippen LogP contribution in [0.15, 0.2) is 84.9 Å². The maximum Gasteiger partial charge on any atom is 0.259 e. The predicted octanol–water partition coefficient (Wildman–Crippen LogP) is 4.83. The van der Waals surface area contributed by atoms with Gasteiger partial charge in [-0.1, -0.05) is 48.5 Å². The summed E-state index contributed by atoms with van der Waals surface area (Å²) in [4.78, 5) is 14.3. The van der Waals surface area contributed by atoms with Gasteiger partial charge in [-0.05, 0) is 41.8 Å². The van der Waals surface area contributed by atoms with Gasteiger partial charge in [-0.3, -0.25) is 4.79 Å². The molecule has 1 heterocycles. The summed E-state index contributed by atoms with van der Waals surface area (Å²) < 4.78 is 5.28. The molecule has 30 heavy (non-hydrogen) atoms. The van der Waals surface area contributed by atoms with Gasteiger partial charge in [-0.25, -0.2) is 0 Å². The molecule has 1 aromatic heterocycles. The predicted molar refractivity (Wildman–Crippen MR) is 117 cm³/mol. The van der Waals surface area contributed by atoms with Crippen LogP contribution in [-0.2, 0) is 0 Å². The van der Waals surface area contributed by atoms with Crippen molar-refractivity contribution in [1.29, 1.82) is 0 Å². The monoisotopic (exact) mass is 394 g/mol. The molecular weight excluding hydrogens is 376 g/mol. The van der Waals surface area contributed by atoms with Gasteiger partial charge in [0.25, 0.3) is 5.91 Å². The van der Waals surface area contributed by atoms with Crippen molar-refractivity contribution in [3.8, 4) is 11.4 Å². The molecule has 0 atom stereocenters. The van der Waals surface area contributed by atoms with Crippen molar-refractivity contribution in [2.24, 2.45) is 0 Å². The van der Waals surface area contributed by atoms with E-state index in [1.165, 1.54) is 0 Å². The van der Waals surface area contributed by atoms with Gasteiger partial charge >= 0.3 is 0 Å². The van der Waals surface area contributed by atoms with Gasteiger partial charge in [-0.15, -0.1) is 15.0 Å². The molecule has 5 rings (SSSR count). The molecule has 0 unspecified atom stereocenters. The third-order valence-corrected chi connectivity index (χ3v) is 4.97. The summed E-state index contributed by atoms with van der Waals surface area (Å²) in [6.07, 6.45) is 0. The molecule has 146 valence electrons. The van der Waals surface area contributed by atoms with Crippen LogP contribution in [0.25, 0.3) is 27.5 Å².